The van der Waals surface area contributed by atoms with Gasteiger partial charge in [0.05, 0.1) is 23.6 Å². The topological polar surface area (TPSA) is 74.1 Å². The predicted molar refractivity (Wildman–Crippen MR) is 67.5 cm³/mol. The van der Waals surface area contributed by atoms with E-state index in [1.54, 1.807) is 6.07 Å². The molecule has 2 atom stereocenters. The number of nitrogens with one attached hydrogen (secondary N) is 1. The van der Waals surface area contributed by atoms with E-state index in [2.05, 4.69) is 15.3 Å². The molecule has 1 rings (SSSR count). The van der Waals surface area contributed by atoms with Crippen molar-refractivity contribution >= 4 is 11.4 Å². The molecule has 0 saturated heterocycles. The summed E-state index contributed by atoms with van der Waals surface area (Å²) in [6, 6.07) is 5.81. The lowest BCUT2D eigenvalue weighted by Crippen LogP contribution is -2.28. The van der Waals surface area contributed by atoms with Crippen molar-refractivity contribution in [1.82, 2.24) is 0 Å². The molecule has 1 aromatic carbocycles. The lowest BCUT2D eigenvalue weighted by molar-refractivity contribution is -0.0498. The number of rotatable bonds is 6. The monoisotopic (exact) mass is 274 g/mol. The van der Waals surface area contributed by atoms with E-state index in [4.69, 9.17) is 0 Å². The van der Waals surface area contributed by atoms with Gasteiger partial charge in [-0.15, -0.1) is 0 Å². The maximum absolute atomic E-state index is 12.0. The van der Waals surface area contributed by atoms with Gasteiger partial charge in [-0.25, -0.2) is 0 Å². The third-order valence-corrected chi connectivity index (χ3v) is 2.23. The largest absolute Gasteiger partial charge is 0.435 e. The summed E-state index contributed by atoms with van der Waals surface area (Å²) >= 11 is 0. The Bertz CT molecular complexity index is 427. The van der Waals surface area contributed by atoms with Gasteiger partial charge in [0.25, 0.3) is 0 Å². The SMILES string of the molecule is CC(O)C(=NNc1cccc(OC(F)F)c1)C(C)O. The van der Waals surface area contributed by atoms with E-state index in [1.807, 2.05) is 0 Å². The number of aliphatic hydroxyl groups is 2. The van der Waals surface area contributed by atoms with E-state index in [9.17, 15) is 19.0 Å². The number of ether oxygens (including phenoxy) is 1. The summed E-state index contributed by atoms with van der Waals surface area (Å²) in [4.78, 5) is 0. The smallest absolute Gasteiger partial charge is 0.387 e. The van der Waals surface area contributed by atoms with Crippen LogP contribution in [-0.4, -0.2) is 34.7 Å². The van der Waals surface area contributed by atoms with Gasteiger partial charge >= 0.3 is 6.61 Å². The Morgan fingerprint density at radius 3 is 2.42 bits per heavy atom. The highest BCUT2D eigenvalue weighted by Crippen LogP contribution is 2.19. The zero-order valence-electron chi connectivity index (χ0n) is 10.5. The molecule has 0 aliphatic heterocycles. The Morgan fingerprint density at radius 1 is 1.26 bits per heavy atom. The quantitative estimate of drug-likeness (QED) is 0.546. The first-order valence-corrected chi connectivity index (χ1v) is 5.64. The Balaban J connectivity index is 2.79. The fourth-order valence-electron chi connectivity index (χ4n) is 1.41. The molecule has 3 N–H and O–H groups in total. The second-order valence-electron chi connectivity index (χ2n) is 3.91. The molecule has 0 fully saturated rings. The third-order valence-electron chi connectivity index (χ3n) is 2.23. The number of nitrogens with zero attached hydrogens (tertiary/aromatic N) is 1. The highest BCUT2D eigenvalue weighted by atomic mass is 19.3. The molecule has 1 aromatic rings. The maximum Gasteiger partial charge on any atom is 0.387 e. The van der Waals surface area contributed by atoms with E-state index in [1.165, 1.54) is 32.0 Å². The van der Waals surface area contributed by atoms with Crippen LogP contribution in [0.2, 0.25) is 0 Å². The fraction of sp³-hybridized carbons (Fsp3) is 0.417. The van der Waals surface area contributed by atoms with Crippen LogP contribution in [0.3, 0.4) is 0 Å². The van der Waals surface area contributed by atoms with E-state index >= 15 is 0 Å². The molecule has 0 aliphatic rings. The third kappa shape index (κ3) is 5.19. The van der Waals surface area contributed by atoms with Crippen molar-refractivity contribution in [3.8, 4) is 5.75 Å². The molecule has 19 heavy (non-hydrogen) atoms. The second kappa shape index (κ2) is 7.01. The minimum Gasteiger partial charge on any atom is -0.435 e. The average molecular weight is 274 g/mol. The van der Waals surface area contributed by atoms with Gasteiger partial charge in [0.2, 0.25) is 0 Å². The van der Waals surface area contributed by atoms with Crippen LogP contribution in [-0.2, 0) is 0 Å². The summed E-state index contributed by atoms with van der Waals surface area (Å²) in [5, 5.41) is 22.6. The molecule has 0 radical (unpaired) electrons. The first-order chi connectivity index (χ1) is 8.90. The van der Waals surface area contributed by atoms with Crippen LogP contribution >= 0.6 is 0 Å². The molecule has 106 valence electrons. The molecule has 5 nitrogen and oxygen atoms in total. The molecular formula is C12H16F2N2O3. The number of aliphatic hydroxyl groups excluding tert-OH is 2. The van der Waals surface area contributed by atoms with Gasteiger partial charge in [-0.1, -0.05) is 6.07 Å². The van der Waals surface area contributed by atoms with Crippen LogP contribution in [0.5, 0.6) is 5.75 Å². The van der Waals surface area contributed by atoms with Gasteiger partial charge in [0, 0.05) is 6.07 Å². The van der Waals surface area contributed by atoms with Crippen LogP contribution in [0.4, 0.5) is 14.5 Å². The van der Waals surface area contributed by atoms with Crippen LogP contribution in [0.25, 0.3) is 0 Å². The van der Waals surface area contributed by atoms with Gasteiger partial charge in [0.15, 0.2) is 0 Å². The summed E-state index contributed by atoms with van der Waals surface area (Å²) in [6.45, 7) is 0.0249. The van der Waals surface area contributed by atoms with Gasteiger partial charge in [-0.2, -0.15) is 13.9 Å². The van der Waals surface area contributed by atoms with Crippen LogP contribution in [0.15, 0.2) is 29.4 Å². The summed E-state index contributed by atoms with van der Waals surface area (Å²) in [6.07, 6.45) is -1.85. The number of hydrogen-bond donors (Lipinski definition) is 3. The van der Waals surface area contributed by atoms with Crippen LogP contribution in [0, 0.1) is 0 Å². The summed E-state index contributed by atoms with van der Waals surface area (Å²) < 4.78 is 28.3. The maximum atomic E-state index is 12.0. The molecular weight excluding hydrogens is 258 g/mol. The molecule has 7 heteroatoms. The van der Waals surface area contributed by atoms with Gasteiger partial charge in [-0.05, 0) is 26.0 Å². The van der Waals surface area contributed by atoms with Crippen molar-refractivity contribution in [3.63, 3.8) is 0 Å². The Labute approximate surface area is 109 Å². The predicted octanol–water partition coefficient (Wildman–Crippen LogP) is 1.82. The van der Waals surface area contributed by atoms with Crippen molar-refractivity contribution in [3.05, 3.63) is 24.3 Å². The van der Waals surface area contributed by atoms with Crippen LogP contribution < -0.4 is 10.2 Å². The summed E-state index contributed by atoms with van der Waals surface area (Å²) in [7, 11) is 0. The molecule has 0 aliphatic carbocycles. The molecule has 0 aromatic heterocycles. The first kappa shape index (κ1) is 15.3. The molecule has 0 bridgehead atoms. The minimum atomic E-state index is -2.90. The van der Waals surface area contributed by atoms with E-state index < -0.39 is 18.8 Å². The van der Waals surface area contributed by atoms with Gasteiger partial charge in [-0.3, -0.25) is 5.43 Å². The van der Waals surface area contributed by atoms with E-state index in [-0.39, 0.29) is 11.5 Å². The number of hydrazone groups is 1. The van der Waals surface area contributed by atoms with Crippen molar-refractivity contribution in [2.24, 2.45) is 5.10 Å². The first-order valence-electron chi connectivity index (χ1n) is 5.64. The fourth-order valence-corrected chi connectivity index (χ4v) is 1.41. The van der Waals surface area contributed by atoms with Crippen molar-refractivity contribution < 1.29 is 23.7 Å². The molecule has 0 heterocycles. The second-order valence-corrected chi connectivity index (χ2v) is 3.91. The number of benzene rings is 1. The number of anilines is 1. The Hall–Kier alpha value is -1.73. The number of alkyl halides is 2. The highest BCUT2D eigenvalue weighted by Gasteiger charge is 2.13. The van der Waals surface area contributed by atoms with Crippen LogP contribution in [0.1, 0.15) is 13.8 Å². The zero-order valence-corrected chi connectivity index (χ0v) is 10.5. The molecule has 0 amide bonds. The Morgan fingerprint density at radius 2 is 1.89 bits per heavy atom. The number of hydrogen-bond acceptors (Lipinski definition) is 5. The van der Waals surface area contributed by atoms with Crippen molar-refractivity contribution in [2.45, 2.75) is 32.7 Å². The highest BCUT2D eigenvalue weighted by molar-refractivity contribution is 5.92. The lowest BCUT2D eigenvalue weighted by Gasteiger charge is -2.13. The molecule has 0 spiro atoms. The number of halogens is 2. The molecule has 2 unspecified atom stereocenters. The normalized spacial score (nSPS) is 13.8. The van der Waals surface area contributed by atoms with Gasteiger partial charge in [0.1, 0.15) is 5.75 Å². The summed E-state index contributed by atoms with van der Waals surface area (Å²) in [5.41, 5.74) is 3.10. The van der Waals surface area contributed by atoms with E-state index in [0.29, 0.717) is 5.69 Å². The zero-order chi connectivity index (χ0) is 14.4. The van der Waals surface area contributed by atoms with E-state index in [0.717, 1.165) is 0 Å². The van der Waals surface area contributed by atoms with Crippen molar-refractivity contribution in [2.75, 3.05) is 5.43 Å². The summed E-state index contributed by atoms with van der Waals surface area (Å²) in [5.74, 6) is -0.00848. The van der Waals surface area contributed by atoms with Crippen molar-refractivity contribution in [1.29, 1.82) is 0 Å². The van der Waals surface area contributed by atoms with Gasteiger partial charge < -0.3 is 14.9 Å². The minimum absolute atomic E-state index is 0.00848. The molecule has 0 saturated carbocycles. The lowest BCUT2D eigenvalue weighted by atomic mass is 10.1. The Kier molecular flexibility index (Phi) is 5.65. The standard InChI is InChI=1S/C12H16F2N2O3/c1-7(17)11(8(2)18)16-15-9-4-3-5-10(6-9)19-12(13)14/h3-8,12,15,17-18H,1-2H3. The average Bonchev–Trinajstić information content (AvgIpc) is 2.27.